The fraction of sp³-hybridized carbons (Fsp3) is 0.308. The Labute approximate surface area is 125 Å². The van der Waals surface area contributed by atoms with Gasteiger partial charge in [0, 0.05) is 12.1 Å². The van der Waals surface area contributed by atoms with Gasteiger partial charge in [0.15, 0.2) is 5.82 Å². The number of aromatic nitrogens is 6. The van der Waals surface area contributed by atoms with E-state index in [0.717, 1.165) is 22.8 Å². The van der Waals surface area contributed by atoms with E-state index in [-0.39, 0.29) is 0 Å². The highest BCUT2D eigenvalue weighted by molar-refractivity contribution is 7.98. The lowest BCUT2D eigenvalue weighted by molar-refractivity contribution is 0.425. The standard InChI is InChI=1S/C13H14N6OS/c1-3-19-13(15-17-18-19)21-8-11-14-12(20-16-11)10-6-4-5-9(2)7-10/h4-7H,3,8H2,1-2H3. The van der Waals surface area contributed by atoms with Crippen molar-refractivity contribution < 1.29 is 4.52 Å². The third-order valence-corrected chi connectivity index (χ3v) is 3.82. The maximum absolute atomic E-state index is 5.30. The summed E-state index contributed by atoms with van der Waals surface area (Å²) in [4.78, 5) is 4.40. The number of rotatable bonds is 5. The number of nitrogens with zero attached hydrogens (tertiary/aromatic N) is 6. The Kier molecular flexibility index (Phi) is 3.96. The molecule has 0 saturated heterocycles. The number of thioether (sulfide) groups is 1. The van der Waals surface area contributed by atoms with E-state index >= 15 is 0 Å². The summed E-state index contributed by atoms with van der Waals surface area (Å²) in [7, 11) is 0. The van der Waals surface area contributed by atoms with Crippen molar-refractivity contribution in [1.82, 2.24) is 30.3 Å². The number of hydrogen-bond acceptors (Lipinski definition) is 7. The zero-order valence-corrected chi connectivity index (χ0v) is 12.5. The van der Waals surface area contributed by atoms with Crippen LogP contribution < -0.4 is 0 Å². The Morgan fingerprint density at radius 1 is 1.33 bits per heavy atom. The van der Waals surface area contributed by atoms with Crippen LogP contribution in [0, 0.1) is 6.92 Å². The minimum Gasteiger partial charge on any atom is -0.334 e. The normalized spacial score (nSPS) is 11.0. The van der Waals surface area contributed by atoms with E-state index < -0.39 is 0 Å². The van der Waals surface area contributed by atoms with Crippen molar-refractivity contribution in [2.45, 2.75) is 31.3 Å². The van der Waals surface area contributed by atoms with Gasteiger partial charge in [0.1, 0.15) is 0 Å². The lowest BCUT2D eigenvalue weighted by Crippen LogP contribution is -1.99. The third kappa shape index (κ3) is 3.10. The summed E-state index contributed by atoms with van der Waals surface area (Å²) in [5, 5.41) is 16.2. The van der Waals surface area contributed by atoms with Gasteiger partial charge in [0.2, 0.25) is 5.16 Å². The Hall–Kier alpha value is -2.22. The fourth-order valence-corrected chi connectivity index (χ4v) is 2.62. The third-order valence-electron chi connectivity index (χ3n) is 2.86. The van der Waals surface area contributed by atoms with E-state index in [9.17, 15) is 0 Å². The molecule has 0 saturated carbocycles. The monoisotopic (exact) mass is 302 g/mol. The molecular weight excluding hydrogens is 288 g/mol. The summed E-state index contributed by atoms with van der Waals surface area (Å²) in [6, 6.07) is 7.97. The number of benzene rings is 1. The molecule has 108 valence electrons. The molecule has 7 nitrogen and oxygen atoms in total. The van der Waals surface area contributed by atoms with Crippen LogP contribution in [-0.2, 0) is 12.3 Å². The first-order valence-electron chi connectivity index (χ1n) is 6.55. The van der Waals surface area contributed by atoms with Crippen molar-refractivity contribution in [3.63, 3.8) is 0 Å². The van der Waals surface area contributed by atoms with Gasteiger partial charge in [-0.1, -0.05) is 34.6 Å². The molecule has 3 aromatic rings. The molecule has 21 heavy (non-hydrogen) atoms. The molecule has 0 aliphatic heterocycles. The average Bonchev–Trinajstić information content (AvgIpc) is 3.14. The number of aryl methyl sites for hydroxylation is 2. The molecule has 2 heterocycles. The molecule has 0 bridgehead atoms. The Bertz CT molecular complexity index is 738. The van der Waals surface area contributed by atoms with Crippen LogP contribution in [0.3, 0.4) is 0 Å². The second kappa shape index (κ2) is 6.04. The topological polar surface area (TPSA) is 82.5 Å². The molecule has 1 aromatic carbocycles. The molecular formula is C13H14N6OS. The SMILES string of the molecule is CCn1nnnc1SCc1noc(-c2cccc(C)c2)n1. The van der Waals surface area contributed by atoms with Crippen LogP contribution in [0.4, 0.5) is 0 Å². The van der Waals surface area contributed by atoms with Crippen molar-refractivity contribution >= 4 is 11.8 Å². The highest BCUT2D eigenvalue weighted by atomic mass is 32.2. The van der Waals surface area contributed by atoms with Crippen LogP contribution in [0.15, 0.2) is 33.9 Å². The second-order valence-electron chi connectivity index (χ2n) is 4.45. The quantitative estimate of drug-likeness (QED) is 0.669. The smallest absolute Gasteiger partial charge is 0.257 e. The number of hydrogen-bond donors (Lipinski definition) is 0. The lowest BCUT2D eigenvalue weighted by Gasteiger charge is -1.97. The molecule has 0 aliphatic rings. The summed E-state index contributed by atoms with van der Waals surface area (Å²) in [5.41, 5.74) is 2.08. The Morgan fingerprint density at radius 3 is 3.05 bits per heavy atom. The average molecular weight is 302 g/mol. The van der Waals surface area contributed by atoms with Crippen molar-refractivity contribution in [3.05, 3.63) is 35.7 Å². The minimum atomic E-state index is 0.532. The number of tetrazole rings is 1. The van der Waals surface area contributed by atoms with Crippen LogP contribution in [-0.4, -0.2) is 30.3 Å². The molecule has 0 fully saturated rings. The highest BCUT2D eigenvalue weighted by Crippen LogP contribution is 2.22. The van der Waals surface area contributed by atoms with Crippen LogP contribution in [0.1, 0.15) is 18.3 Å². The molecule has 0 aliphatic carbocycles. The Morgan fingerprint density at radius 2 is 2.24 bits per heavy atom. The zero-order valence-electron chi connectivity index (χ0n) is 11.7. The van der Waals surface area contributed by atoms with Gasteiger partial charge >= 0.3 is 0 Å². The molecule has 2 aromatic heterocycles. The van der Waals surface area contributed by atoms with E-state index in [2.05, 4.69) is 25.7 Å². The maximum Gasteiger partial charge on any atom is 0.257 e. The van der Waals surface area contributed by atoms with Gasteiger partial charge in [-0.15, -0.1) is 5.10 Å². The molecule has 0 radical (unpaired) electrons. The van der Waals surface area contributed by atoms with E-state index in [4.69, 9.17) is 4.52 Å². The van der Waals surface area contributed by atoms with E-state index in [1.165, 1.54) is 11.8 Å². The first kappa shape index (κ1) is 13.7. The molecule has 0 atom stereocenters. The fourth-order valence-electron chi connectivity index (χ4n) is 1.84. The molecule has 0 N–H and O–H groups in total. The van der Waals surface area contributed by atoms with E-state index in [1.54, 1.807) is 4.68 Å². The molecule has 8 heteroatoms. The predicted molar refractivity (Wildman–Crippen MR) is 77.5 cm³/mol. The van der Waals surface area contributed by atoms with Gasteiger partial charge in [0.05, 0.1) is 5.75 Å². The first-order valence-corrected chi connectivity index (χ1v) is 7.53. The van der Waals surface area contributed by atoms with Crippen molar-refractivity contribution in [3.8, 4) is 11.5 Å². The van der Waals surface area contributed by atoms with E-state index in [1.807, 2.05) is 38.1 Å². The lowest BCUT2D eigenvalue weighted by atomic mass is 10.1. The van der Waals surface area contributed by atoms with Gasteiger partial charge in [0.25, 0.3) is 5.89 Å². The van der Waals surface area contributed by atoms with Gasteiger partial charge in [-0.25, -0.2) is 4.68 Å². The van der Waals surface area contributed by atoms with Gasteiger partial charge in [-0.3, -0.25) is 0 Å². The molecule has 0 amide bonds. The van der Waals surface area contributed by atoms with E-state index in [0.29, 0.717) is 17.5 Å². The minimum absolute atomic E-state index is 0.532. The molecule has 0 unspecified atom stereocenters. The van der Waals surface area contributed by atoms with Gasteiger partial charge in [-0.2, -0.15) is 4.98 Å². The summed E-state index contributed by atoms with van der Waals surface area (Å²) in [6.45, 7) is 4.75. The van der Waals surface area contributed by atoms with Crippen LogP contribution in [0.5, 0.6) is 0 Å². The first-order chi connectivity index (χ1) is 10.3. The van der Waals surface area contributed by atoms with Crippen molar-refractivity contribution in [1.29, 1.82) is 0 Å². The summed E-state index contributed by atoms with van der Waals surface area (Å²) in [6.07, 6.45) is 0. The maximum atomic E-state index is 5.30. The summed E-state index contributed by atoms with van der Waals surface area (Å²) >= 11 is 1.48. The van der Waals surface area contributed by atoms with Crippen molar-refractivity contribution in [2.75, 3.05) is 0 Å². The summed E-state index contributed by atoms with van der Waals surface area (Å²) < 4.78 is 7.03. The second-order valence-corrected chi connectivity index (χ2v) is 5.39. The van der Waals surface area contributed by atoms with Crippen LogP contribution in [0.25, 0.3) is 11.5 Å². The highest BCUT2D eigenvalue weighted by Gasteiger charge is 2.11. The van der Waals surface area contributed by atoms with Gasteiger partial charge < -0.3 is 4.52 Å². The zero-order chi connectivity index (χ0) is 14.7. The molecule has 0 spiro atoms. The largest absolute Gasteiger partial charge is 0.334 e. The van der Waals surface area contributed by atoms with Crippen LogP contribution in [0.2, 0.25) is 0 Å². The predicted octanol–water partition coefficient (Wildman–Crippen LogP) is 2.34. The Balaban J connectivity index is 1.71. The molecule has 3 rings (SSSR count). The van der Waals surface area contributed by atoms with Gasteiger partial charge in [-0.05, 0) is 36.4 Å². The van der Waals surface area contributed by atoms with Crippen LogP contribution >= 0.6 is 11.8 Å². The summed E-state index contributed by atoms with van der Waals surface area (Å²) in [5.74, 6) is 1.72. The van der Waals surface area contributed by atoms with Crippen molar-refractivity contribution in [2.24, 2.45) is 0 Å².